The average Bonchev–Trinajstić information content (AvgIpc) is 3.81. The SMILES string of the molecule is C1=Cc2c(n(-c3ccc(N(c4ccccc4)c4cccc5c4C4(c6ccccc6-c6ccccc64)c4ccccc4-5)cc3)c3ccccc23)CC1. The molecule has 8 aromatic rings. The van der Waals surface area contributed by atoms with Crippen LogP contribution in [0, 0.1) is 0 Å². The van der Waals surface area contributed by atoms with Crippen molar-refractivity contribution in [2.24, 2.45) is 0 Å². The van der Waals surface area contributed by atoms with E-state index in [9.17, 15) is 0 Å². The number of benzene rings is 7. The molecule has 240 valence electrons. The molecule has 3 aliphatic carbocycles. The number of hydrogen-bond acceptors (Lipinski definition) is 1. The third-order valence-corrected chi connectivity index (χ3v) is 11.5. The van der Waals surface area contributed by atoms with Gasteiger partial charge in [0.05, 0.1) is 16.6 Å². The summed E-state index contributed by atoms with van der Waals surface area (Å²) < 4.78 is 2.48. The lowest BCUT2D eigenvalue weighted by Crippen LogP contribution is -2.28. The predicted molar refractivity (Wildman–Crippen MR) is 212 cm³/mol. The number of allylic oxidation sites excluding steroid dienone is 1. The van der Waals surface area contributed by atoms with Gasteiger partial charge in [-0.2, -0.15) is 0 Å². The lowest BCUT2D eigenvalue weighted by Gasteiger charge is -2.35. The smallest absolute Gasteiger partial charge is 0.0746 e. The molecule has 0 atom stereocenters. The van der Waals surface area contributed by atoms with Gasteiger partial charge in [-0.1, -0.05) is 133 Å². The van der Waals surface area contributed by atoms with E-state index in [4.69, 9.17) is 0 Å². The summed E-state index contributed by atoms with van der Waals surface area (Å²) in [5, 5.41) is 1.32. The summed E-state index contributed by atoms with van der Waals surface area (Å²) in [6, 6.07) is 63.0. The molecule has 2 heteroatoms. The van der Waals surface area contributed by atoms with Gasteiger partial charge in [-0.05, 0) is 100 Å². The number of nitrogens with zero attached hydrogens (tertiary/aromatic N) is 2. The standard InChI is InChI=1S/C49H34N2/c1-2-15-33(16-3-1)50(34-29-31-35(32-30-34)51-45-26-12-7-20-39(45)40-21-8-13-27-46(40)51)47-28-14-22-41-38-19-6-11-25-44(38)49(48(41)47)42-23-9-4-17-36(42)37-18-5-10-24-43(37)49/h1-12,14-26,28-32H,13,27H2. The van der Waals surface area contributed by atoms with Gasteiger partial charge in [0.15, 0.2) is 0 Å². The van der Waals surface area contributed by atoms with E-state index >= 15 is 0 Å². The Morgan fingerprint density at radius 2 is 1.06 bits per heavy atom. The molecule has 7 aromatic carbocycles. The molecule has 0 N–H and O–H groups in total. The minimum atomic E-state index is -0.445. The summed E-state index contributed by atoms with van der Waals surface area (Å²) in [5.74, 6) is 0. The van der Waals surface area contributed by atoms with Crippen molar-refractivity contribution in [1.82, 2.24) is 4.57 Å². The highest BCUT2D eigenvalue weighted by molar-refractivity contribution is 6.00. The van der Waals surface area contributed by atoms with E-state index < -0.39 is 5.41 Å². The first-order chi connectivity index (χ1) is 25.3. The van der Waals surface area contributed by atoms with Crippen LogP contribution in [0.3, 0.4) is 0 Å². The lowest BCUT2D eigenvalue weighted by molar-refractivity contribution is 0.793. The minimum Gasteiger partial charge on any atom is -0.313 e. The van der Waals surface area contributed by atoms with Gasteiger partial charge in [-0.3, -0.25) is 0 Å². The Kier molecular flexibility index (Phi) is 6.03. The molecule has 0 saturated carbocycles. The van der Waals surface area contributed by atoms with Crippen molar-refractivity contribution in [2.45, 2.75) is 18.3 Å². The zero-order valence-electron chi connectivity index (χ0n) is 28.1. The fourth-order valence-electron chi connectivity index (χ4n) is 9.54. The van der Waals surface area contributed by atoms with Gasteiger partial charge in [0.25, 0.3) is 0 Å². The molecule has 1 spiro atoms. The molecule has 0 amide bonds. The highest BCUT2D eigenvalue weighted by Gasteiger charge is 2.53. The molecule has 0 radical (unpaired) electrons. The predicted octanol–water partition coefficient (Wildman–Crippen LogP) is 12.4. The monoisotopic (exact) mass is 650 g/mol. The zero-order chi connectivity index (χ0) is 33.5. The first-order valence-corrected chi connectivity index (χ1v) is 18.0. The summed E-state index contributed by atoms with van der Waals surface area (Å²) in [6.07, 6.45) is 6.73. The molecule has 1 heterocycles. The van der Waals surface area contributed by atoms with Gasteiger partial charge in [-0.25, -0.2) is 0 Å². The molecular weight excluding hydrogens is 617 g/mol. The van der Waals surface area contributed by atoms with E-state index in [1.165, 1.54) is 78.0 Å². The summed E-state index contributed by atoms with van der Waals surface area (Å²) in [7, 11) is 0. The van der Waals surface area contributed by atoms with Crippen LogP contribution in [0.5, 0.6) is 0 Å². The van der Waals surface area contributed by atoms with Crippen molar-refractivity contribution < 1.29 is 0 Å². The normalized spacial score (nSPS) is 14.2. The minimum absolute atomic E-state index is 0.445. The van der Waals surface area contributed by atoms with Crippen LogP contribution in [-0.2, 0) is 11.8 Å². The highest BCUT2D eigenvalue weighted by Crippen LogP contribution is 2.65. The second-order valence-corrected chi connectivity index (χ2v) is 13.9. The summed E-state index contributed by atoms with van der Waals surface area (Å²) in [6.45, 7) is 0. The number of fused-ring (bicyclic) bond motifs is 13. The number of para-hydroxylation sites is 2. The molecule has 11 rings (SSSR count). The van der Waals surface area contributed by atoms with Crippen LogP contribution in [0.2, 0.25) is 0 Å². The van der Waals surface area contributed by atoms with Gasteiger partial charge in [-0.15, -0.1) is 0 Å². The Balaban J connectivity index is 1.16. The van der Waals surface area contributed by atoms with Crippen LogP contribution in [-0.4, -0.2) is 4.57 Å². The van der Waals surface area contributed by atoms with E-state index in [2.05, 4.69) is 191 Å². The number of aromatic nitrogens is 1. The van der Waals surface area contributed by atoms with Crippen molar-refractivity contribution in [1.29, 1.82) is 0 Å². The van der Waals surface area contributed by atoms with E-state index in [1.54, 1.807) is 0 Å². The van der Waals surface area contributed by atoms with Crippen molar-refractivity contribution >= 4 is 34.0 Å². The topological polar surface area (TPSA) is 8.17 Å². The Morgan fingerprint density at radius 1 is 0.490 bits per heavy atom. The number of hydrogen-bond donors (Lipinski definition) is 0. The molecule has 0 unspecified atom stereocenters. The van der Waals surface area contributed by atoms with E-state index in [-0.39, 0.29) is 0 Å². The van der Waals surface area contributed by atoms with Gasteiger partial charge in [0.1, 0.15) is 0 Å². The third kappa shape index (κ3) is 3.82. The van der Waals surface area contributed by atoms with Crippen molar-refractivity contribution in [3.05, 3.63) is 209 Å². The Hall–Kier alpha value is -6.38. The van der Waals surface area contributed by atoms with Crippen LogP contribution in [0.4, 0.5) is 17.1 Å². The van der Waals surface area contributed by atoms with Gasteiger partial charge < -0.3 is 9.47 Å². The summed E-state index contributed by atoms with van der Waals surface area (Å²) in [5.41, 5.74) is 18.9. The second-order valence-electron chi connectivity index (χ2n) is 13.9. The second kappa shape index (κ2) is 10.8. The molecule has 0 fully saturated rings. The Bertz CT molecular complexity index is 2630. The van der Waals surface area contributed by atoms with Crippen LogP contribution in [0.15, 0.2) is 176 Å². The summed E-state index contributed by atoms with van der Waals surface area (Å²) >= 11 is 0. The molecular formula is C49H34N2. The fraction of sp³-hybridized carbons (Fsp3) is 0.0612. The molecule has 3 aliphatic rings. The quantitative estimate of drug-likeness (QED) is 0.184. The molecule has 51 heavy (non-hydrogen) atoms. The van der Waals surface area contributed by atoms with Crippen LogP contribution in [0.1, 0.15) is 39.9 Å². The fourth-order valence-corrected chi connectivity index (χ4v) is 9.54. The van der Waals surface area contributed by atoms with Crippen LogP contribution < -0.4 is 4.90 Å². The average molecular weight is 651 g/mol. The van der Waals surface area contributed by atoms with Crippen LogP contribution in [0.25, 0.3) is 44.9 Å². The van der Waals surface area contributed by atoms with E-state index in [1.807, 2.05) is 0 Å². The molecule has 0 bridgehead atoms. The van der Waals surface area contributed by atoms with E-state index in [0.29, 0.717) is 0 Å². The molecule has 2 nitrogen and oxygen atoms in total. The maximum atomic E-state index is 2.48. The van der Waals surface area contributed by atoms with E-state index in [0.717, 1.165) is 24.2 Å². The largest absolute Gasteiger partial charge is 0.313 e. The molecule has 1 aromatic heterocycles. The van der Waals surface area contributed by atoms with Crippen molar-refractivity contribution in [2.75, 3.05) is 4.90 Å². The first kappa shape index (κ1) is 28.5. The molecule has 0 aliphatic heterocycles. The maximum Gasteiger partial charge on any atom is 0.0746 e. The van der Waals surface area contributed by atoms with Crippen molar-refractivity contribution in [3.63, 3.8) is 0 Å². The lowest BCUT2D eigenvalue weighted by atomic mass is 9.70. The molecule has 0 saturated heterocycles. The van der Waals surface area contributed by atoms with Gasteiger partial charge in [0, 0.05) is 39.3 Å². The Labute approximate surface area is 298 Å². The Morgan fingerprint density at radius 3 is 1.76 bits per heavy atom. The number of rotatable bonds is 4. The third-order valence-electron chi connectivity index (χ3n) is 11.5. The number of anilines is 3. The zero-order valence-corrected chi connectivity index (χ0v) is 28.1. The maximum absolute atomic E-state index is 2.48. The highest BCUT2D eigenvalue weighted by atomic mass is 15.1. The van der Waals surface area contributed by atoms with Gasteiger partial charge in [0.2, 0.25) is 0 Å². The van der Waals surface area contributed by atoms with Crippen LogP contribution >= 0.6 is 0 Å². The van der Waals surface area contributed by atoms with Crippen molar-refractivity contribution in [3.8, 4) is 27.9 Å². The first-order valence-electron chi connectivity index (χ1n) is 18.0. The van der Waals surface area contributed by atoms with Gasteiger partial charge >= 0.3 is 0 Å². The summed E-state index contributed by atoms with van der Waals surface area (Å²) in [4.78, 5) is 2.48.